The Kier molecular flexibility index (Phi) is 5.51. The number of likely N-dealkylation sites (N-methyl/N-ethyl adjacent to an activating group) is 1. The van der Waals surface area contributed by atoms with Gasteiger partial charge < -0.3 is 5.32 Å². The summed E-state index contributed by atoms with van der Waals surface area (Å²) in [5.74, 6) is -0.282. The number of nitrogens with zero attached hydrogens (tertiary/aromatic N) is 4. The lowest BCUT2D eigenvalue weighted by Gasteiger charge is -2.18. The molecule has 2 aromatic carbocycles. The maximum absolute atomic E-state index is 12.9. The van der Waals surface area contributed by atoms with Gasteiger partial charge in [-0.3, -0.25) is 19.1 Å². The topological polar surface area (TPSA) is 95.5 Å². The van der Waals surface area contributed by atoms with E-state index >= 15 is 0 Å². The second-order valence-corrected chi connectivity index (χ2v) is 10.1. The number of nitrogens with one attached hydrogen (secondary N) is 1. The first-order valence-electron chi connectivity index (χ1n) is 10.8. The van der Waals surface area contributed by atoms with Crippen molar-refractivity contribution in [2.75, 3.05) is 29.8 Å². The van der Waals surface area contributed by atoms with Gasteiger partial charge in [0.15, 0.2) is 0 Å². The number of fused-ring (bicyclic) bond motifs is 1. The minimum Gasteiger partial charge on any atom is -0.322 e. The van der Waals surface area contributed by atoms with Crippen LogP contribution in [-0.4, -0.2) is 48.7 Å². The van der Waals surface area contributed by atoms with Gasteiger partial charge in [0.2, 0.25) is 0 Å². The van der Waals surface area contributed by atoms with Gasteiger partial charge in [0, 0.05) is 54.7 Å². The van der Waals surface area contributed by atoms with Crippen molar-refractivity contribution in [2.45, 2.75) is 6.92 Å². The highest BCUT2D eigenvalue weighted by Gasteiger charge is 2.33. The van der Waals surface area contributed by atoms with Crippen LogP contribution in [0.1, 0.15) is 15.9 Å². The quantitative estimate of drug-likeness (QED) is 0.486. The molecule has 1 N–H and O–H groups in total. The van der Waals surface area contributed by atoms with E-state index in [2.05, 4.69) is 15.3 Å². The molecule has 1 saturated heterocycles. The number of hydrogen-bond acceptors (Lipinski definition) is 5. The van der Waals surface area contributed by atoms with Gasteiger partial charge in [-0.05, 0) is 67.1 Å². The Morgan fingerprint density at radius 2 is 1.76 bits per heavy atom. The molecule has 0 unspecified atom stereocenters. The maximum atomic E-state index is 12.9. The van der Waals surface area contributed by atoms with Gasteiger partial charge in [-0.2, -0.15) is 12.7 Å². The summed E-state index contributed by atoms with van der Waals surface area (Å²) in [7, 11) is -1.94. The van der Waals surface area contributed by atoms with Crippen LogP contribution >= 0.6 is 0 Å². The van der Waals surface area contributed by atoms with Gasteiger partial charge in [0.25, 0.3) is 5.91 Å². The van der Waals surface area contributed by atoms with E-state index < -0.39 is 10.2 Å². The first kappa shape index (κ1) is 22.0. The largest absolute Gasteiger partial charge is 0.322 e. The van der Waals surface area contributed by atoms with E-state index in [4.69, 9.17) is 0 Å². The fraction of sp³-hybridized carbons (Fsp3) is 0.160. The van der Waals surface area contributed by atoms with Crippen molar-refractivity contribution in [2.24, 2.45) is 0 Å². The lowest BCUT2D eigenvalue weighted by Crippen LogP contribution is -2.30. The van der Waals surface area contributed by atoms with Crippen LogP contribution in [0.2, 0.25) is 0 Å². The highest BCUT2D eigenvalue weighted by atomic mass is 32.2. The summed E-state index contributed by atoms with van der Waals surface area (Å²) in [4.78, 5) is 21.9. The second-order valence-electron chi connectivity index (χ2n) is 8.16. The number of amides is 1. The summed E-state index contributed by atoms with van der Waals surface area (Å²) in [6.07, 6.45) is 3.48. The van der Waals surface area contributed by atoms with Crippen LogP contribution in [0, 0.1) is 6.92 Å². The summed E-state index contributed by atoms with van der Waals surface area (Å²) in [5, 5.41) is 3.87. The van der Waals surface area contributed by atoms with Crippen LogP contribution in [0.5, 0.6) is 0 Å². The number of benzene rings is 2. The molecule has 4 aromatic rings. The fourth-order valence-electron chi connectivity index (χ4n) is 4.05. The minimum atomic E-state index is -3.50. The van der Waals surface area contributed by atoms with E-state index in [1.165, 1.54) is 8.61 Å². The molecule has 172 valence electrons. The molecule has 1 amide bonds. The lowest BCUT2D eigenvalue weighted by molar-refractivity contribution is 0.102. The third-order valence-electron chi connectivity index (χ3n) is 5.99. The molecular weight excluding hydrogens is 450 g/mol. The molecule has 0 aliphatic carbocycles. The summed E-state index contributed by atoms with van der Waals surface area (Å²) >= 11 is 0. The van der Waals surface area contributed by atoms with Crippen LogP contribution in [0.25, 0.3) is 22.2 Å². The minimum absolute atomic E-state index is 0.282. The Morgan fingerprint density at radius 1 is 0.971 bits per heavy atom. The predicted octanol–water partition coefficient (Wildman–Crippen LogP) is 3.85. The monoisotopic (exact) mass is 473 g/mol. The Hall–Kier alpha value is -3.82. The first-order valence-corrected chi connectivity index (χ1v) is 12.2. The zero-order chi connectivity index (χ0) is 23.9. The van der Waals surface area contributed by atoms with Crippen molar-refractivity contribution in [3.8, 4) is 11.3 Å². The zero-order valence-electron chi connectivity index (χ0n) is 18.8. The average molecular weight is 474 g/mol. The smallest absolute Gasteiger partial charge is 0.303 e. The molecule has 1 fully saturated rings. The van der Waals surface area contributed by atoms with E-state index in [0.717, 1.165) is 27.7 Å². The van der Waals surface area contributed by atoms with Gasteiger partial charge in [0.05, 0.1) is 16.9 Å². The Labute approximate surface area is 198 Å². The second kappa shape index (κ2) is 8.51. The van der Waals surface area contributed by atoms with Crippen molar-refractivity contribution in [1.29, 1.82) is 0 Å². The highest BCUT2D eigenvalue weighted by Crippen LogP contribution is 2.30. The molecule has 0 saturated carbocycles. The molecule has 1 aliphatic heterocycles. The van der Waals surface area contributed by atoms with Gasteiger partial charge in [-0.1, -0.05) is 6.07 Å². The van der Waals surface area contributed by atoms with Gasteiger partial charge in [-0.15, -0.1) is 0 Å². The molecule has 3 heterocycles. The number of carbonyl (C=O) groups is 1. The van der Waals surface area contributed by atoms with Crippen LogP contribution in [-0.2, 0) is 10.2 Å². The molecule has 34 heavy (non-hydrogen) atoms. The van der Waals surface area contributed by atoms with E-state index in [0.29, 0.717) is 30.0 Å². The maximum Gasteiger partial charge on any atom is 0.303 e. The van der Waals surface area contributed by atoms with Gasteiger partial charge in [-0.25, -0.2) is 0 Å². The molecule has 0 radical (unpaired) electrons. The van der Waals surface area contributed by atoms with Crippen LogP contribution in [0.15, 0.2) is 73.1 Å². The molecule has 9 heteroatoms. The number of anilines is 2. The Morgan fingerprint density at radius 3 is 2.50 bits per heavy atom. The third kappa shape index (κ3) is 3.89. The fourth-order valence-corrected chi connectivity index (χ4v) is 5.40. The van der Waals surface area contributed by atoms with E-state index in [1.807, 2.05) is 43.3 Å². The van der Waals surface area contributed by atoms with Crippen molar-refractivity contribution >= 4 is 38.4 Å². The number of hydrogen-bond donors (Lipinski definition) is 1. The number of carbonyl (C=O) groups excluding carboxylic acids is 1. The van der Waals surface area contributed by atoms with Crippen LogP contribution < -0.4 is 9.62 Å². The highest BCUT2D eigenvalue weighted by molar-refractivity contribution is 7.90. The normalized spacial score (nSPS) is 15.5. The van der Waals surface area contributed by atoms with E-state index in [1.54, 1.807) is 43.7 Å². The molecule has 0 spiro atoms. The van der Waals surface area contributed by atoms with Crippen molar-refractivity contribution in [1.82, 2.24) is 14.3 Å². The van der Waals surface area contributed by atoms with E-state index in [-0.39, 0.29) is 5.91 Å². The van der Waals surface area contributed by atoms with Crippen molar-refractivity contribution in [3.63, 3.8) is 0 Å². The number of aryl methyl sites for hydroxylation is 1. The Balaban J connectivity index is 1.40. The molecular formula is C25H23N5O3S. The summed E-state index contributed by atoms with van der Waals surface area (Å²) in [6, 6.07) is 18.0. The molecule has 1 aliphatic rings. The zero-order valence-corrected chi connectivity index (χ0v) is 19.6. The predicted molar refractivity (Wildman–Crippen MR) is 133 cm³/mol. The molecule has 5 rings (SSSR count). The first-order chi connectivity index (χ1) is 16.3. The SMILES string of the molecule is Cc1ccc(NC(=O)c2ccc(N3CCN(C)S3(=O)=O)cc2)cc1-c1nccc2ncccc12. The number of aromatic nitrogens is 2. The molecule has 8 nitrogen and oxygen atoms in total. The number of rotatable bonds is 4. The molecule has 2 aromatic heterocycles. The molecule has 0 atom stereocenters. The Bertz CT molecular complexity index is 1500. The van der Waals surface area contributed by atoms with Crippen LogP contribution in [0.4, 0.5) is 11.4 Å². The lowest BCUT2D eigenvalue weighted by atomic mass is 10.0. The summed E-state index contributed by atoms with van der Waals surface area (Å²) in [6.45, 7) is 2.82. The number of pyridine rings is 2. The van der Waals surface area contributed by atoms with Gasteiger partial charge >= 0.3 is 10.2 Å². The van der Waals surface area contributed by atoms with E-state index in [9.17, 15) is 13.2 Å². The van der Waals surface area contributed by atoms with Gasteiger partial charge in [0.1, 0.15) is 0 Å². The van der Waals surface area contributed by atoms with Crippen molar-refractivity contribution < 1.29 is 13.2 Å². The van der Waals surface area contributed by atoms with Crippen LogP contribution in [0.3, 0.4) is 0 Å². The standard InChI is InChI=1S/C25H23N5O3S/c1-17-5-8-19(16-22(17)24-21-4-3-12-26-23(21)11-13-27-24)28-25(31)18-6-9-20(10-7-18)30-15-14-29(2)34(30,32)33/h3-13,16H,14-15H2,1-2H3,(H,28,31). The summed E-state index contributed by atoms with van der Waals surface area (Å²) < 4.78 is 27.4. The third-order valence-corrected chi connectivity index (χ3v) is 7.91. The van der Waals surface area contributed by atoms with Crippen molar-refractivity contribution in [3.05, 3.63) is 84.2 Å². The average Bonchev–Trinajstić information content (AvgIpc) is 3.12. The summed E-state index contributed by atoms with van der Waals surface area (Å²) in [5.41, 5.74) is 5.21. The molecule has 0 bridgehead atoms.